The molecule has 7 nitrogen and oxygen atoms in total. The summed E-state index contributed by atoms with van der Waals surface area (Å²) in [6.07, 6.45) is 1.58. The standard InChI is InChI=1S/C14H25N5O2/c1-12(15)11-21-13-9-14(20)19(16-10-13)8-7-18-5-3-17(2)4-6-18/h9-10,12H,3-8,11,15H2,1-2H3. The third-order valence-electron chi connectivity index (χ3n) is 3.58. The average molecular weight is 295 g/mol. The quantitative estimate of drug-likeness (QED) is 0.742. The molecule has 1 saturated heterocycles. The first kappa shape index (κ1) is 15.9. The van der Waals surface area contributed by atoms with Crippen LogP contribution in [0.5, 0.6) is 5.75 Å². The summed E-state index contributed by atoms with van der Waals surface area (Å²) in [5.41, 5.74) is 5.48. The summed E-state index contributed by atoms with van der Waals surface area (Å²) < 4.78 is 6.88. The van der Waals surface area contributed by atoms with Gasteiger partial charge in [0.2, 0.25) is 0 Å². The molecule has 7 heteroatoms. The van der Waals surface area contributed by atoms with Crippen molar-refractivity contribution in [1.29, 1.82) is 0 Å². The Morgan fingerprint density at radius 1 is 1.33 bits per heavy atom. The molecule has 0 spiro atoms. The molecule has 2 rings (SSSR count). The van der Waals surface area contributed by atoms with E-state index in [0.29, 0.717) is 18.9 Å². The third kappa shape index (κ3) is 5.11. The molecule has 0 amide bonds. The molecule has 0 bridgehead atoms. The van der Waals surface area contributed by atoms with E-state index < -0.39 is 0 Å². The van der Waals surface area contributed by atoms with E-state index in [0.717, 1.165) is 32.7 Å². The number of nitrogens with two attached hydrogens (primary N) is 1. The van der Waals surface area contributed by atoms with Crippen LogP contribution < -0.4 is 16.0 Å². The number of nitrogens with zero attached hydrogens (tertiary/aromatic N) is 4. The molecule has 0 aliphatic carbocycles. The maximum atomic E-state index is 12.0. The number of hydrogen-bond donors (Lipinski definition) is 1. The summed E-state index contributed by atoms with van der Waals surface area (Å²) in [6.45, 7) is 7.93. The summed E-state index contributed by atoms with van der Waals surface area (Å²) >= 11 is 0. The molecule has 0 radical (unpaired) electrons. The highest BCUT2D eigenvalue weighted by Gasteiger charge is 2.13. The number of likely N-dealkylation sites (N-methyl/N-ethyl adjacent to an activating group) is 1. The molecule has 2 heterocycles. The van der Waals surface area contributed by atoms with Crippen molar-refractivity contribution >= 4 is 0 Å². The molecular formula is C14H25N5O2. The molecule has 1 unspecified atom stereocenters. The summed E-state index contributed by atoms with van der Waals surface area (Å²) in [6, 6.07) is 1.41. The van der Waals surface area contributed by atoms with Crippen molar-refractivity contribution < 1.29 is 4.74 Å². The van der Waals surface area contributed by atoms with Crippen LogP contribution in [0.25, 0.3) is 0 Å². The van der Waals surface area contributed by atoms with Crippen molar-refractivity contribution in [3.05, 3.63) is 22.6 Å². The van der Waals surface area contributed by atoms with E-state index in [1.54, 1.807) is 6.20 Å². The number of aromatic nitrogens is 2. The molecule has 1 aromatic heterocycles. The largest absolute Gasteiger partial charge is 0.490 e. The van der Waals surface area contributed by atoms with Crippen LogP contribution in [-0.4, -0.2) is 72.0 Å². The Bertz CT molecular complexity index is 494. The number of rotatable bonds is 6. The number of piperazine rings is 1. The van der Waals surface area contributed by atoms with E-state index >= 15 is 0 Å². The van der Waals surface area contributed by atoms with Crippen LogP contribution in [0.4, 0.5) is 0 Å². The lowest BCUT2D eigenvalue weighted by Crippen LogP contribution is -2.46. The van der Waals surface area contributed by atoms with E-state index in [1.165, 1.54) is 10.7 Å². The van der Waals surface area contributed by atoms with Gasteiger partial charge < -0.3 is 15.4 Å². The lowest BCUT2D eigenvalue weighted by atomic mass is 10.3. The monoisotopic (exact) mass is 295 g/mol. The van der Waals surface area contributed by atoms with Crippen LogP contribution >= 0.6 is 0 Å². The van der Waals surface area contributed by atoms with Gasteiger partial charge in [-0.05, 0) is 14.0 Å². The minimum Gasteiger partial charge on any atom is -0.490 e. The second kappa shape index (κ2) is 7.53. The predicted molar refractivity (Wildman–Crippen MR) is 81.6 cm³/mol. The Kier molecular flexibility index (Phi) is 5.72. The lowest BCUT2D eigenvalue weighted by molar-refractivity contribution is 0.148. The highest BCUT2D eigenvalue weighted by Crippen LogP contribution is 2.04. The first-order chi connectivity index (χ1) is 10.0. The second-order valence-electron chi connectivity index (χ2n) is 5.69. The SMILES string of the molecule is CC(N)COc1cnn(CCN2CCN(C)CC2)c(=O)c1. The zero-order valence-corrected chi connectivity index (χ0v) is 12.9. The van der Waals surface area contributed by atoms with Crippen molar-refractivity contribution in [2.75, 3.05) is 46.4 Å². The third-order valence-corrected chi connectivity index (χ3v) is 3.58. The highest BCUT2D eigenvalue weighted by atomic mass is 16.5. The zero-order valence-electron chi connectivity index (χ0n) is 12.9. The van der Waals surface area contributed by atoms with Crippen molar-refractivity contribution in [2.45, 2.75) is 19.5 Å². The summed E-state index contributed by atoms with van der Waals surface area (Å²) in [5, 5.41) is 4.16. The van der Waals surface area contributed by atoms with E-state index in [-0.39, 0.29) is 11.6 Å². The smallest absolute Gasteiger partial charge is 0.270 e. The molecular weight excluding hydrogens is 270 g/mol. The zero-order chi connectivity index (χ0) is 15.2. The van der Waals surface area contributed by atoms with Crippen LogP contribution in [0.1, 0.15) is 6.92 Å². The van der Waals surface area contributed by atoms with Gasteiger partial charge in [-0.3, -0.25) is 9.69 Å². The first-order valence-corrected chi connectivity index (χ1v) is 7.41. The molecule has 1 aliphatic heterocycles. The maximum absolute atomic E-state index is 12.0. The first-order valence-electron chi connectivity index (χ1n) is 7.41. The van der Waals surface area contributed by atoms with Gasteiger partial charge in [0.1, 0.15) is 12.4 Å². The normalized spacial score (nSPS) is 18.6. The molecule has 1 aliphatic rings. The van der Waals surface area contributed by atoms with Crippen LogP contribution in [-0.2, 0) is 6.54 Å². The fraction of sp³-hybridized carbons (Fsp3) is 0.714. The van der Waals surface area contributed by atoms with Crippen molar-refractivity contribution in [3.8, 4) is 5.75 Å². The minimum absolute atomic E-state index is 0.0651. The van der Waals surface area contributed by atoms with E-state index in [1.807, 2.05) is 6.92 Å². The number of ether oxygens (including phenoxy) is 1. The molecule has 21 heavy (non-hydrogen) atoms. The van der Waals surface area contributed by atoms with Gasteiger partial charge in [0.05, 0.1) is 12.7 Å². The fourth-order valence-electron chi connectivity index (χ4n) is 2.20. The van der Waals surface area contributed by atoms with Crippen molar-refractivity contribution in [1.82, 2.24) is 19.6 Å². The molecule has 0 saturated carbocycles. The van der Waals surface area contributed by atoms with E-state index in [4.69, 9.17) is 10.5 Å². The van der Waals surface area contributed by atoms with Gasteiger partial charge in [-0.1, -0.05) is 0 Å². The van der Waals surface area contributed by atoms with E-state index in [2.05, 4.69) is 21.9 Å². The van der Waals surface area contributed by atoms with Gasteiger partial charge in [-0.15, -0.1) is 0 Å². The fourth-order valence-corrected chi connectivity index (χ4v) is 2.20. The van der Waals surface area contributed by atoms with Gasteiger partial charge in [-0.25, -0.2) is 4.68 Å². The lowest BCUT2D eigenvalue weighted by Gasteiger charge is -2.32. The van der Waals surface area contributed by atoms with E-state index in [9.17, 15) is 4.79 Å². The maximum Gasteiger partial charge on any atom is 0.270 e. The Hall–Kier alpha value is -1.44. The van der Waals surface area contributed by atoms with Gasteiger partial charge >= 0.3 is 0 Å². The van der Waals surface area contributed by atoms with Gasteiger partial charge in [0, 0.05) is 44.8 Å². The molecule has 1 fully saturated rings. The minimum atomic E-state index is -0.133. The molecule has 0 aromatic carbocycles. The Balaban J connectivity index is 1.85. The van der Waals surface area contributed by atoms with Crippen molar-refractivity contribution in [3.63, 3.8) is 0 Å². The Morgan fingerprint density at radius 3 is 2.67 bits per heavy atom. The van der Waals surface area contributed by atoms with Crippen molar-refractivity contribution in [2.24, 2.45) is 5.73 Å². The second-order valence-corrected chi connectivity index (χ2v) is 5.69. The topological polar surface area (TPSA) is 76.6 Å². The summed E-state index contributed by atoms with van der Waals surface area (Å²) in [5.74, 6) is 0.480. The molecule has 1 aromatic rings. The van der Waals surface area contributed by atoms with Crippen LogP contribution in [0, 0.1) is 0 Å². The predicted octanol–water partition coefficient (Wildman–Crippen LogP) is -0.783. The Labute approximate surface area is 125 Å². The van der Waals surface area contributed by atoms with Crippen LogP contribution in [0.15, 0.2) is 17.1 Å². The molecule has 118 valence electrons. The van der Waals surface area contributed by atoms with Crippen LogP contribution in [0.3, 0.4) is 0 Å². The molecule has 1 atom stereocenters. The van der Waals surface area contributed by atoms with Gasteiger partial charge in [0.25, 0.3) is 5.56 Å². The highest BCUT2D eigenvalue weighted by molar-refractivity contribution is 5.13. The van der Waals surface area contributed by atoms with Gasteiger partial charge in [0.15, 0.2) is 0 Å². The molecule has 2 N–H and O–H groups in total. The van der Waals surface area contributed by atoms with Crippen LogP contribution in [0.2, 0.25) is 0 Å². The van der Waals surface area contributed by atoms with Gasteiger partial charge in [-0.2, -0.15) is 5.10 Å². The summed E-state index contributed by atoms with van der Waals surface area (Å²) in [7, 11) is 2.13. The average Bonchev–Trinajstić information content (AvgIpc) is 2.46. The summed E-state index contributed by atoms with van der Waals surface area (Å²) in [4.78, 5) is 16.6. The Morgan fingerprint density at radius 2 is 2.05 bits per heavy atom. The number of hydrogen-bond acceptors (Lipinski definition) is 6.